The van der Waals surface area contributed by atoms with Crippen LogP contribution in [0.5, 0.6) is 0 Å². The monoisotopic (exact) mass is 657 g/mol. The fourth-order valence-corrected chi connectivity index (χ4v) is 8.21. The van der Waals surface area contributed by atoms with Crippen LogP contribution in [-0.4, -0.2) is 40.1 Å². The van der Waals surface area contributed by atoms with Crippen LogP contribution in [0.25, 0.3) is 0 Å². The number of thiazole rings is 1. The Morgan fingerprint density at radius 2 is 1.79 bits per heavy atom. The number of imide groups is 1. The van der Waals surface area contributed by atoms with Gasteiger partial charge in [-0.15, -0.1) is 0 Å². The first-order chi connectivity index (χ1) is 20.7. The summed E-state index contributed by atoms with van der Waals surface area (Å²) in [4.78, 5) is 67.2. The molecular weight excluding hydrogens is 637 g/mol. The van der Waals surface area contributed by atoms with Gasteiger partial charge in [-0.1, -0.05) is 46.3 Å². The van der Waals surface area contributed by atoms with Crippen LogP contribution in [0.1, 0.15) is 33.8 Å². The predicted molar refractivity (Wildman–Crippen MR) is 162 cm³/mol. The number of aromatic nitrogens is 1. The van der Waals surface area contributed by atoms with Crippen molar-refractivity contribution in [1.82, 2.24) is 4.57 Å². The van der Waals surface area contributed by atoms with Crippen LogP contribution in [0.4, 0.5) is 11.4 Å². The fourth-order valence-electron chi connectivity index (χ4n) is 5.16. The Kier molecular flexibility index (Phi) is 7.94. The number of carbonyl (C=O) groups is 4. The van der Waals surface area contributed by atoms with Gasteiger partial charge in [0.2, 0.25) is 17.7 Å². The molecule has 1 N–H and O–H groups in total. The van der Waals surface area contributed by atoms with E-state index < -0.39 is 45.6 Å². The quantitative estimate of drug-likeness (QED) is 0.206. The molecule has 6 rings (SSSR count). The molecule has 3 amide bonds. The van der Waals surface area contributed by atoms with E-state index in [9.17, 15) is 24.0 Å². The molecule has 1 fully saturated rings. The topological polar surface area (TPSA) is 128 Å². The molecule has 14 heteroatoms. The molecule has 0 radical (unpaired) electrons. The third-order valence-electron chi connectivity index (χ3n) is 7.04. The summed E-state index contributed by atoms with van der Waals surface area (Å²) in [6.45, 7) is 1.58. The average Bonchev–Trinajstić information content (AvgIpc) is 3.68. The molecule has 2 aliphatic rings. The number of halogens is 2. The summed E-state index contributed by atoms with van der Waals surface area (Å²) in [5.41, 5.74) is 0.993. The predicted octanol–water partition coefficient (Wildman–Crippen LogP) is 5.42. The zero-order chi connectivity index (χ0) is 30.4. The second-order valence-electron chi connectivity index (χ2n) is 9.64. The second-order valence-corrected chi connectivity index (χ2v) is 12.6. The van der Waals surface area contributed by atoms with E-state index in [0.717, 1.165) is 28.0 Å². The normalized spacial score (nSPS) is 19.2. The molecule has 10 nitrogen and oxygen atoms in total. The van der Waals surface area contributed by atoms with E-state index in [4.69, 9.17) is 32.4 Å². The van der Waals surface area contributed by atoms with Crippen molar-refractivity contribution in [3.05, 3.63) is 96.8 Å². The number of anilines is 2. The van der Waals surface area contributed by atoms with Gasteiger partial charge in [-0.05, 0) is 61.5 Å². The molecule has 1 saturated heterocycles. The minimum atomic E-state index is -0.891. The molecule has 3 unspecified atom stereocenters. The van der Waals surface area contributed by atoms with Gasteiger partial charge in [0.25, 0.3) is 0 Å². The van der Waals surface area contributed by atoms with Crippen LogP contribution in [0, 0.1) is 5.92 Å². The zero-order valence-electron chi connectivity index (χ0n) is 22.2. The number of furan rings is 1. The van der Waals surface area contributed by atoms with E-state index in [2.05, 4.69) is 5.32 Å². The number of hydrogen-bond acceptors (Lipinski definition) is 9. The number of ether oxygens (including phenoxy) is 1. The molecule has 4 heterocycles. The van der Waals surface area contributed by atoms with Crippen LogP contribution >= 0.6 is 46.3 Å². The van der Waals surface area contributed by atoms with Crippen molar-refractivity contribution in [2.45, 2.75) is 29.7 Å². The lowest BCUT2D eigenvalue weighted by Gasteiger charge is -2.29. The lowest BCUT2D eigenvalue weighted by atomic mass is 9.87. The summed E-state index contributed by atoms with van der Waals surface area (Å²) in [5.74, 6) is -3.10. The first-order valence-corrected chi connectivity index (χ1v) is 15.5. The van der Waals surface area contributed by atoms with Gasteiger partial charge in [-0.2, -0.15) is 0 Å². The van der Waals surface area contributed by atoms with Gasteiger partial charge < -0.3 is 14.5 Å². The molecule has 2 aliphatic heterocycles. The van der Waals surface area contributed by atoms with E-state index in [1.165, 1.54) is 41.2 Å². The number of carbonyl (C=O) groups excluding carboxylic acids is 4. The Balaban J connectivity index is 1.33. The summed E-state index contributed by atoms with van der Waals surface area (Å²) in [7, 11) is 0. The fraction of sp³-hybridized carbons (Fsp3) is 0.207. The molecule has 0 spiro atoms. The summed E-state index contributed by atoms with van der Waals surface area (Å²) in [5, 5.41) is 2.83. The number of rotatable bonds is 7. The standard InChI is InChI=1S/C29H21Cl2N3O7S2/c1-2-40-28(38)14-5-8-16(9-6-14)34-25(36)22-21(19-4-3-11-41-19)24-27(42-23(22)26(34)37)33(29(39)43-24)13-20(35)32-15-7-10-17(30)18(31)12-15/h3-12,21-23H,2,13H2,1H3,(H,32,35). The molecule has 0 saturated carbocycles. The lowest BCUT2D eigenvalue weighted by molar-refractivity contribution is -0.122. The van der Waals surface area contributed by atoms with Crippen molar-refractivity contribution in [3.63, 3.8) is 0 Å². The van der Waals surface area contributed by atoms with Crippen molar-refractivity contribution in [2.24, 2.45) is 5.92 Å². The molecule has 0 aliphatic carbocycles. The molecule has 2 aromatic heterocycles. The van der Waals surface area contributed by atoms with Gasteiger partial charge in [0.05, 0.1) is 55.9 Å². The van der Waals surface area contributed by atoms with E-state index in [1.807, 2.05) is 0 Å². The van der Waals surface area contributed by atoms with E-state index in [0.29, 0.717) is 32.1 Å². The third-order valence-corrected chi connectivity index (χ3v) is 10.4. The smallest absolute Gasteiger partial charge is 0.338 e. The highest BCUT2D eigenvalue weighted by Crippen LogP contribution is 2.54. The Labute approximate surface area is 262 Å². The number of nitrogens with one attached hydrogen (secondary N) is 1. The number of amides is 3. The molecule has 220 valence electrons. The molecule has 3 atom stereocenters. The van der Waals surface area contributed by atoms with Crippen LogP contribution in [0.15, 0.2) is 75.1 Å². The van der Waals surface area contributed by atoms with E-state index in [-0.39, 0.29) is 23.7 Å². The molecule has 43 heavy (non-hydrogen) atoms. The Morgan fingerprint density at radius 3 is 2.47 bits per heavy atom. The summed E-state index contributed by atoms with van der Waals surface area (Å²) >= 11 is 14.0. The van der Waals surface area contributed by atoms with Crippen LogP contribution < -0.4 is 15.1 Å². The average molecular weight is 659 g/mol. The van der Waals surface area contributed by atoms with Gasteiger partial charge in [0, 0.05) is 5.69 Å². The van der Waals surface area contributed by atoms with Gasteiger partial charge in [-0.25, -0.2) is 9.69 Å². The van der Waals surface area contributed by atoms with E-state index in [1.54, 1.807) is 31.2 Å². The van der Waals surface area contributed by atoms with Crippen molar-refractivity contribution in [3.8, 4) is 0 Å². The van der Waals surface area contributed by atoms with Crippen molar-refractivity contribution < 1.29 is 28.3 Å². The molecular formula is C29H21Cl2N3O7S2. The number of benzene rings is 2. The third kappa shape index (κ3) is 5.29. The maximum Gasteiger partial charge on any atom is 0.338 e. The highest BCUT2D eigenvalue weighted by Gasteiger charge is 2.57. The van der Waals surface area contributed by atoms with Crippen molar-refractivity contribution in [1.29, 1.82) is 0 Å². The number of fused-ring (bicyclic) bond motifs is 2. The van der Waals surface area contributed by atoms with Crippen LogP contribution in [0.3, 0.4) is 0 Å². The van der Waals surface area contributed by atoms with Gasteiger partial charge in [0.15, 0.2) is 0 Å². The maximum atomic E-state index is 13.9. The maximum absolute atomic E-state index is 13.9. The number of nitrogens with zero attached hydrogens (tertiary/aromatic N) is 2. The summed E-state index contributed by atoms with van der Waals surface area (Å²) in [6.07, 6.45) is 1.46. The summed E-state index contributed by atoms with van der Waals surface area (Å²) < 4.78 is 12.0. The minimum absolute atomic E-state index is 0.213. The lowest BCUT2D eigenvalue weighted by Crippen LogP contribution is -2.32. The first-order valence-electron chi connectivity index (χ1n) is 13.0. The first kappa shape index (κ1) is 29.2. The number of hydrogen-bond donors (Lipinski definition) is 1. The SMILES string of the molecule is CCOC(=O)c1ccc(N2C(=O)C3Sc4c(sc(=O)n4CC(=O)Nc4ccc(Cl)c(Cl)c4)C(c4ccco4)C3C2=O)cc1. The molecule has 4 aromatic rings. The summed E-state index contributed by atoms with van der Waals surface area (Å²) in [6, 6.07) is 14.0. The number of esters is 1. The zero-order valence-corrected chi connectivity index (χ0v) is 25.4. The second kappa shape index (κ2) is 11.7. The number of thioether (sulfide) groups is 1. The Morgan fingerprint density at radius 1 is 1.02 bits per heavy atom. The highest BCUT2D eigenvalue weighted by molar-refractivity contribution is 8.00. The largest absolute Gasteiger partial charge is 0.469 e. The Hall–Kier alpha value is -3.84. The van der Waals surface area contributed by atoms with E-state index >= 15 is 0 Å². The van der Waals surface area contributed by atoms with Crippen molar-refractivity contribution in [2.75, 3.05) is 16.8 Å². The van der Waals surface area contributed by atoms with Gasteiger partial charge in [-0.3, -0.25) is 23.7 Å². The van der Waals surface area contributed by atoms with Crippen LogP contribution in [0.2, 0.25) is 10.0 Å². The molecule has 2 aromatic carbocycles. The van der Waals surface area contributed by atoms with Crippen LogP contribution in [-0.2, 0) is 25.7 Å². The highest BCUT2D eigenvalue weighted by atomic mass is 35.5. The molecule has 0 bridgehead atoms. The van der Waals surface area contributed by atoms with Crippen molar-refractivity contribution >= 4 is 81.4 Å². The Bertz CT molecular complexity index is 1820. The minimum Gasteiger partial charge on any atom is -0.469 e. The van der Waals surface area contributed by atoms with Gasteiger partial charge >= 0.3 is 10.8 Å². The van der Waals surface area contributed by atoms with Gasteiger partial charge in [0.1, 0.15) is 17.6 Å².